The number of hydrogen-bond acceptors (Lipinski definition) is 3. The maximum absolute atomic E-state index is 11.8. The van der Waals surface area contributed by atoms with Crippen molar-refractivity contribution in [3.05, 3.63) is 58.7 Å². The highest BCUT2D eigenvalue weighted by Gasteiger charge is 2.07. The molecule has 0 unspecified atom stereocenters. The van der Waals surface area contributed by atoms with Crippen LogP contribution in [0.1, 0.15) is 10.4 Å². The third-order valence-electron chi connectivity index (χ3n) is 1.91. The normalized spacial score (nSPS) is 10.1. The number of nitrogens with zero attached hydrogens (tertiary/aromatic N) is 1. The first kappa shape index (κ1) is 11.4. The van der Waals surface area contributed by atoms with Crippen LogP contribution in [0, 0.1) is 0 Å². The first-order valence-electron chi connectivity index (χ1n) is 4.64. The minimum atomic E-state index is 0.00574. The van der Waals surface area contributed by atoms with Crippen LogP contribution in [0.2, 0.25) is 0 Å². The summed E-state index contributed by atoms with van der Waals surface area (Å²) in [5, 5.41) is 0.724. The predicted octanol–water partition coefficient (Wildman–Crippen LogP) is 3.78. The summed E-state index contributed by atoms with van der Waals surface area (Å²) < 4.78 is 0.965. The van der Waals surface area contributed by atoms with Crippen LogP contribution in [-0.2, 0) is 0 Å². The second-order valence-corrected chi connectivity index (χ2v) is 4.97. The second-order valence-electron chi connectivity index (χ2n) is 3.06. The molecule has 0 aliphatic heterocycles. The van der Waals surface area contributed by atoms with Crippen LogP contribution >= 0.6 is 27.7 Å². The van der Waals surface area contributed by atoms with Gasteiger partial charge in [-0.1, -0.05) is 22.0 Å². The molecule has 0 aliphatic rings. The van der Waals surface area contributed by atoms with Crippen LogP contribution in [0.4, 0.5) is 0 Å². The fourth-order valence-corrected chi connectivity index (χ4v) is 2.12. The zero-order valence-electron chi connectivity index (χ0n) is 8.26. The molecule has 1 aromatic heterocycles. The van der Waals surface area contributed by atoms with Crippen molar-refractivity contribution in [2.75, 3.05) is 0 Å². The monoisotopic (exact) mass is 293 g/mol. The lowest BCUT2D eigenvalue weighted by molar-refractivity contribution is 0.108. The van der Waals surface area contributed by atoms with Gasteiger partial charge in [0.15, 0.2) is 0 Å². The first-order chi connectivity index (χ1) is 7.75. The Kier molecular flexibility index (Phi) is 3.74. The van der Waals surface area contributed by atoms with E-state index in [1.165, 1.54) is 0 Å². The molecule has 0 N–H and O–H groups in total. The number of halogens is 1. The van der Waals surface area contributed by atoms with Crippen LogP contribution in [-0.4, -0.2) is 10.1 Å². The van der Waals surface area contributed by atoms with Gasteiger partial charge < -0.3 is 0 Å². The van der Waals surface area contributed by atoms with Gasteiger partial charge in [0, 0.05) is 16.2 Å². The molecule has 1 aromatic carbocycles. The largest absolute Gasteiger partial charge is 0.281 e. The van der Waals surface area contributed by atoms with Crippen molar-refractivity contribution in [1.82, 2.24) is 4.98 Å². The zero-order chi connectivity index (χ0) is 11.4. The number of benzene rings is 1. The highest BCUT2D eigenvalue weighted by atomic mass is 79.9. The van der Waals surface area contributed by atoms with Gasteiger partial charge in [0.2, 0.25) is 5.12 Å². The molecule has 2 rings (SSSR count). The van der Waals surface area contributed by atoms with Crippen molar-refractivity contribution in [2.24, 2.45) is 0 Å². The van der Waals surface area contributed by atoms with Gasteiger partial charge in [-0.05, 0) is 48.2 Å². The molecule has 0 bridgehead atoms. The Morgan fingerprint density at radius 3 is 2.50 bits per heavy atom. The molecule has 16 heavy (non-hydrogen) atoms. The lowest BCUT2D eigenvalue weighted by Gasteiger charge is -1.99. The summed E-state index contributed by atoms with van der Waals surface area (Å²) >= 11 is 4.47. The van der Waals surface area contributed by atoms with Gasteiger partial charge in [0.05, 0.1) is 0 Å². The van der Waals surface area contributed by atoms with Gasteiger partial charge in [-0.15, -0.1) is 0 Å². The average Bonchev–Trinajstić information content (AvgIpc) is 2.31. The molecule has 80 valence electrons. The maximum atomic E-state index is 11.8. The van der Waals surface area contributed by atoms with Crippen molar-refractivity contribution in [1.29, 1.82) is 0 Å². The van der Waals surface area contributed by atoms with Crippen molar-refractivity contribution in [3.63, 3.8) is 0 Å². The third kappa shape index (κ3) is 2.93. The zero-order valence-corrected chi connectivity index (χ0v) is 10.7. The van der Waals surface area contributed by atoms with Gasteiger partial charge in [0.1, 0.15) is 5.03 Å². The fourth-order valence-electron chi connectivity index (χ4n) is 1.15. The standard InChI is InChI=1S/C12H8BrNOS/c13-10-6-4-9(5-7-10)12(15)16-11-3-1-2-8-14-11/h1-8H. The van der Waals surface area contributed by atoms with Gasteiger partial charge in [-0.2, -0.15) is 0 Å². The summed E-state index contributed by atoms with van der Waals surface area (Å²) in [5.41, 5.74) is 0.679. The van der Waals surface area contributed by atoms with Crippen molar-refractivity contribution < 1.29 is 4.79 Å². The highest BCUT2D eigenvalue weighted by molar-refractivity contribution is 9.10. The summed E-state index contributed by atoms with van der Waals surface area (Å²) in [6, 6.07) is 12.8. The summed E-state index contributed by atoms with van der Waals surface area (Å²) in [6.07, 6.45) is 1.68. The van der Waals surface area contributed by atoms with E-state index in [1.54, 1.807) is 18.3 Å². The van der Waals surface area contributed by atoms with Crippen LogP contribution < -0.4 is 0 Å². The number of carbonyl (C=O) groups excluding carboxylic acids is 1. The quantitative estimate of drug-likeness (QED) is 0.790. The molecule has 0 saturated carbocycles. The Balaban J connectivity index is 2.12. The van der Waals surface area contributed by atoms with Crippen molar-refractivity contribution in [2.45, 2.75) is 5.03 Å². The van der Waals surface area contributed by atoms with E-state index < -0.39 is 0 Å². The van der Waals surface area contributed by atoms with E-state index in [0.717, 1.165) is 21.3 Å². The van der Waals surface area contributed by atoms with Crippen LogP contribution in [0.25, 0.3) is 0 Å². The molecule has 2 aromatic rings. The molecule has 0 amide bonds. The van der Waals surface area contributed by atoms with Crippen LogP contribution in [0.5, 0.6) is 0 Å². The number of pyridine rings is 1. The Morgan fingerprint density at radius 2 is 1.88 bits per heavy atom. The smallest absolute Gasteiger partial charge is 0.225 e. The molecule has 2 nitrogen and oxygen atoms in total. The molecule has 0 atom stereocenters. The number of carbonyl (C=O) groups is 1. The first-order valence-corrected chi connectivity index (χ1v) is 6.25. The summed E-state index contributed by atoms with van der Waals surface area (Å²) in [4.78, 5) is 15.9. The van der Waals surface area contributed by atoms with Gasteiger partial charge >= 0.3 is 0 Å². The summed E-state index contributed by atoms with van der Waals surface area (Å²) in [7, 11) is 0. The minimum absolute atomic E-state index is 0.00574. The topological polar surface area (TPSA) is 30.0 Å². The van der Waals surface area contributed by atoms with Gasteiger partial charge in [0.25, 0.3) is 0 Å². The number of aromatic nitrogens is 1. The Hall–Kier alpha value is -1.13. The van der Waals surface area contributed by atoms with E-state index in [0.29, 0.717) is 5.56 Å². The molecule has 0 aliphatic carbocycles. The highest BCUT2D eigenvalue weighted by Crippen LogP contribution is 2.21. The van der Waals surface area contributed by atoms with Gasteiger partial charge in [-0.3, -0.25) is 4.79 Å². The van der Waals surface area contributed by atoms with Crippen molar-refractivity contribution >= 4 is 32.8 Å². The molecule has 0 radical (unpaired) electrons. The number of thioether (sulfide) groups is 1. The molecule has 0 spiro atoms. The lowest BCUT2D eigenvalue weighted by Crippen LogP contribution is -1.93. The maximum Gasteiger partial charge on any atom is 0.225 e. The fraction of sp³-hybridized carbons (Fsp3) is 0. The molecular weight excluding hydrogens is 286 g/mol. The van der Waals surface area contributed by atoms with E-state index in [-0.39, 0.29) is 5.12 Å². The molecular formula is C12H8BrNOS. The molecule has 1 heterocycles. The number of rotatable bonds is 2. The molecule has 0 saturated heterocycles. The predicted molar refractivity (Wildman–Crippen MR) is 68.6 cm³/mol. The Labute approximate surface area is 106 Å². The summed E-state index contributed by atoms with van der Waals surface area (Å²) in [5.74, 6) is 0. The third-order valence-corrected chi connectivity index (χ3v) is 3.32. The van der Waals surface area contributed by atoms with E-state index in [4.69, 9.17) is 0 Å². The van der Waals surface area contributed by atoms with E-state index in [9.17, 15) is 4.79 Å². The van der Waals surface area contributed by atoms with E-state index in [1.807, 2.05) is 30.3 Å². The van der Waals surface area contributed by atoms with E-state index >= 15 is 0 Å². The van der Waals surface area contributed by atoms with Crippen LogP contribution in [0.15, 0.2) is 58.2 Å². The SMILES string of the molecule is O=C(Sc1ccccn1)c1ccc(Br)cc1. The molecule has 4 heteroatoms. The molecule has 0 fully saturated rings. The van der Waals surface area contributed by atoms with Gasteiger partial charge in [-0.25, -0.2) is 4.98 Å². The Bertz CT molecular complexity index is 484. The average molecular weight is 294 g/mol. The Morgan fingerprint density at radius 1 is 1.12 bits per heavy atom. The van der Waals surface area contributed by atoms with Crippen molar-refractivity contribution in [3.8, 4) is 0 Å². The van der Waals surface area contributed by atoms with E-state index in [2.05, 4.69) is 20.9 Å². The number of hydrogen-bond donors (Lipinski definition) is 0. The second kappa shape index (κ2) is 5.27. The lowest BCUT2D eigenvalue weighted by atomic mass is 10.2. The minimum Gasteiger partial charge on any atom is -0.281 e. The summed E-state index contributed by atoms with van der Waals surface area (Å²) in [6.45, 7) is 0. The van der Waals surface area contributed by atoms with Crippen LogP contribution in [0.3, 0.4) is 0 Å².